The van der Waals surface area contributed by atoms with Crippen molar-refractivity contribution in [3.63, 3.8) is 0 Å². The number of aryl methyl sites for hydroxylation is 2. The summed E-state index contributed by atoms with van der Waals surface area (Å²) in [6.07, 6.45) is 1.56. The Morgan fingerprint density at radius 2 is 2.18 bits per heavy atom. The average molecular weight is 314 g/mol. The van der Waals surface area contributed by atoms with Crippen molar-refractivity contribution in [3.05, 3.63) is 52.3 Å². The molecule has 6 nitrogen and oxygen atoms in total. The van der Waals surface area contributed by atoms with Crippen LogP contribution < -0.4 is 5.43 Å². The summed E-state index contributed by atoms with van der Waals surface area (Å²) < 4.78 is 1.98. The van der Waals surface area contributed by atoms with E-state index in [0.29, 0.717) is 0 Å². The van der Waals surface area contributed by atoms with Crippen molar-refractivity contribution in [1.29, 1.82) is 0 Å². The molecule has 22 heavy (non-hydrogen) atoms. The van der Waals surface area contributed by atoms with Crippen LogP contribution in [-0.4, -0.2) is 26.6 Å². The third-order valence-corrected chi connectivity index (χ3v) is 4.20. The summed E-state index contributed by atoms with van der Waals surface area (Å²) in [5, 5.41) is 15.6. The molecule has 2 aromatic heterocycles. The summed E-state index contributed by atoms with van der Waals surface area (Å²) in [4.78, 5) is 17.3. The van der Waals surface area contributed by atoms with Crippen molar-refractivity contribution in [1.82, 2.24) is 14.8 Å². The van der Waals surface area contributed by atoms with Crippen molar-refractivity contribution in [3.8, 4) is 5.75 Å². The molecule has 3 aromatic rings. The number of hydrogen-bond donors (Lipinski definition) is 2. The largest absolute Gasteiger partial charge is 0.507 e. The number of rotatable bonds is 3. The Labute approximate surface area is 130 Å². The van der Waals surface area contributed by atoms with Gasteiger partial charge in [0, 0.05) is 11.1 Å². The van der Waals surface area contributed by atoms with E-state index in [2.05, 4.69) is 15.5 Å². The Kier molecular flexibility index (Phi) is 3.64. The Morgan fingerprint density at radius 1 is 1.41 bits per heavy atom. The van der Waals surface area contributed by atoms with Gasteiger partial charge in [0.15, 0.2) is 4.96 Å². The van der Waals surface area contributed by atoms with E-state index in [9.17, 15) is 9.90 Å². The van der Waals surface area contributed by atoms with Gasteiger partial charge in [0.1, 0.15) is 5.75 Å². The Morgan fingerprint density at radius 3 is 2.95 bits per heavy atom. The van der Waals surface area contributed by atoms with Crippen LogP contribution >= 0.6 is 11.3 Å². The number of benzene rings is 1. The molecule has 0 aliphatic carbocycles. The predicted octanol–water partition coefficient (Wildman–Crippen LogP) is 2.48. The van der Waals surface area contributed by atoms with Crippen molar-refractivity contribution in [2.45, 2.75) is 13.8 Å². The normalized spacial score (nSPS) is 11.4. The molecule has 0 atom stereocenters. The molecule has 7 heteroatoms. The standard InChI is InChI=1S/C15H14N4O2S/c1-9-8-22-15-17-10(2)12(19(9)15)7-16-18-14(21)11-5-3-4-6-13(11)20/h3-8,20H,1-2H3,(H,18,21)/b16-7-. The minimum atomic E-state index is -0.463. The minimum absolute atomic E-state index is 0.0770. The van der Waals surface area contributed by atoms with Gasteiger partial charge in [-0.2, -0.15) is 5.10 Å². The monoisotopic (exact) mass is 314 g/mol. The second-order valence-corrected chi connectivity index (χ2v) is 5.63. The fourth-order valence-corrected chi connectivity index (χ4v) is 3.07. The molecule has 0 radical (unpaired) electrons. The number of imidazole rings is 1. The third-order valence-electron chi connectivity index (χ3n) is 3.26. The first kappa shape index (κ1) is 14.3. The van der Waals surface area contributed by atoms with Crippen molar-refractivity contribution >= 4 is 28.4 Å². The number of aromatic hydroxyl groups is 1. The summed E-state index contributed by atoms with van der Waals surface area (Å²) in [7, 11) is 0. The van der Waals surface area contributed by atoms with Gasteiger partial charge in [-0.15, -0.1) is 11.3 Å². The lowest BCUT2D eigenvalue weighted by atomic mass is 10.2. The predicted molar refractivity (Wildman–Crippen MR) is 85.7 cm³/mol. The van der Waals surface area contributed by atoms with Gasteiger partial charge >= 0.3 is 0 Å². The van der Waals surface area contributed by atoms with Gasteiger partial charge in [0.25, 0.3) is 5.91 Å². The van der Waals surface area contributed by atoms with Crippen molar-refractivity contribution < 1.29 is 9.90 Å². The van der Waals surface area contributed by atoms with Gasteiger partial charge in [-0.3, -0.25) is 9.20 Å². The van der Waals surface area contributed by atoms with E-state index in [4.69, 9.17) is 0 Å². The number of aromatic nitrogens is 2. The SMILES string of the molecule is Cc1nc2scc(C)n2c1/C=N\NC(=O)c1ccccc1O. The van der Waals surface area contributed by atoms with Gasteiger partial charge < -0.3 is 5.11 Å². The number of carbonyl (C=O) groups excluding carboxylic acids is 1. The van der Waals surface area contributed by atoms with E-state index in [1.807, 2.05) is 23.6 Å². The number of nitrogens with one attached hydrogen (secondary N) is 1. The number of nitrogens with zero attached hydrogens (tertiary/aromatic N) is 3. The molecule has 0 aliphatic heterocycles. The summed E-state index contributed by atoms with van der Waals surface area (Å²) in [6, 6.07) is 6.32. The number of carbonyl (C=O) groups is 1. The zero-order valence-corrected chi connectivity index (χ0v) is 12.9. The van der Waals surface area contributed by atoms with Crippen LogP contribution in [0, 0.1) is 13.8 Å². The smallest absolute Gasteiger partial charge is 0.275 e. The highest BCUT2D eigenvalue weighted by Crippen LogP contribution is 2.19. The molecular weight excluding hydrogens is 300 g/mol. The Balaban J connectivity index is 1.82. The molecule has 2 N–H and O–H groups in total. The number of hydrazone groups is 1. The maximum absolute atomic E-state index is 12.0. The summed E-state index contributed by atoms with van der Waals surface area (Å²) >= 11 is 1.56. The number of phenolic OH excluding ortho intramolecular Hbond substituents is 1. The number of thiazole rings is 1. The van der Waals surface area contributed by atoms with E-state index in [0.717, 1.165) is 22.0 Å². The van der Waals surface area contributed by atoms with Crippen LogP contribution in [-0.2, 0) is 0 Å². The highest BCUT2D eigenvalue weighted by atomic mass is 32.1. The first-order valence-corrected chi connectivity index (χ1v) is 7.50. The maximum atomic E-state index is 12.0. The molecule has 1 amide bonds. The van der Waals surface area contributed by atoms with Gasteiger partial charge in [0.2, 0.25) is 0 Å². The fraction of sp³-hybridized carbons (Fsp3) is 0.133. The second-order valence-electron chi connectivity index (χ2n) is 4.79. The number of phenols is 1. The molecule has 0 aliphatic rings. The van der Waals surface area contributed by atoms with Gasteiger partial charge in [-0.05, 0) is 26.0 Å². The minimum Gasteiger partial charge on any atom is -0.507 e. The van der Waals surface area contributed by atoms with E-state index in [-0.39, 0.29) is 11.3 Å². The molecule has 112 valence electrons. The van der Waals surface area contributed by atoms with Crippen LogP contribution in [0.3, 0.4) is 0 Å². The third kappa shape index (κ3) is 2.46. The zero-order valence-electron chi connectivity index (χ0n) is 12.1. The number of hydrogen-bond acceptors (Lipinski definition) is 5. The average Bonchev–Trinajstić information content (AvgIpc) is 3.00. The lowest BCUT2D eigenvalue weighted by Gasteiger charge is -2.02. The maximum Gasteiger partial charge on any atom is 0.275 e. The number of fused-ring (bicyclic) bond motifs is 1. The molecule has 0 saturated carbocycles. The summed E-state index contributed by atoms with van der Waals surface area (Å²) in [5.41, 5.74) is 5.33. The highest BCUT2D eigenvalue weighted by Gasteiger charge is 2.11. The molecule has 0 bridgehead atoms. The van der Waals surface area contributed by atoms with Crippen LogP contribution in [0.15, 0.2) is 34.7 Å². The van der Waals surface area contributed by atoms with Crippen LogP contribution in [0.5, 0.6) is 5.75 Å². The summed E-state index contributed by atoms with van der Waals surface area (Å²) in [5.74, 6) is -0.540. The molecule has 3 rings (SSSR count). The van der Waals surface area contributed by atoms with E-state index < -0.39 is 5.91 Å². The number of para-hydroxylation sites is 1. The van der Waals surface area contributed by atoms with E-state index in [1.54, 1.807) is 29.7 Å². The van der Waals surface area contributed by atoms with Crippen LogP contribution in [0.25, 0.3) is 4.96 Å². The quantitative estimate of drug-likeness (QED) is 0.576. The summed E-state index contributed by atoms with van der Waals surface area (Å²) in [6.45, 7) is 3.88. The molecule has 0 unspecified atom stereocenters. The lowest BCUT2D eigenvalue weighted by Crippen LogP contribution is -2.17. The van der Waals surface area contributed by atoms with E-state index >= 15 is 0 Å². The van der Waals surface area contributed by atoms with Gasteiger partial charge in [-0.25, -0.2) is 10.4 Å². The van der Waals surface area contributed by atoms with Gasteiger partial charge in [0.05, 0.1) is 23.2 Å². The molecule has 0 saturated heterocycles. The molecule has 2 heterocycles. The molecule has 1 aromatic carbocycles. The van der Waals surface area contributed by atoms with Crippen LogP contribution in [0.4, 0.5) is 0 Å². The Bertz CT molecular complexity index is 879. The van der Waals surface area contributed by atoms with Crippen LogP contribution in [0.1, 0.15) is 27.4 Å². The molecular formula is C15H14N4O2S. The number of amides is 1. The van der Waals surface area contributed by atoms with Crippen molar-refractivity contribution in [2.75, 3.05) is 0 Å². The Hall–Kier alpha value is -2.67. The van der Waals surface area contributed by atoms with Gasteiger partial charge in [-0.1, -0.05) is 12.1 Å². The van der Waals surface area contributed by atoms with Crippen LogP contribution in [0.2, 0.25) is 0 Å². The zero-order chi connectivity index (χ0) is 15.7. The second kappa shape index (κ2) is 5.61. The first-order chi connectivity index (χ1) is 10.6. The first-order valence-electron chi connectivity index (χ1n) is 6.62. The molecule has 0 spiro atoms. The molecule has 0 fully saturated rings. The lowest BCUT2D eigenvalue weighted by molar-refractivity contribution is 0.0952. The highest BCUT2D eigenvalue weighted by molar-refractivity contribution is 7.15. The fourth-order valence-electron chi connectivity index (χ4n) is 2.16. The topological polar surface area (TPSA) is 79.0 Å². The van der Waals surface area contributed by atoms with E-state index in [1.165, 1.54) is 12.1 Å². The van der Waals surface area contributed by atoms with Crippen molar-refractivity contribution in [2.24, 2.45) is 5.10 Å².